The maximum Gasteiger partial charge on any atom is 0.170 e. The molecule has 0 fully saturated rings. The van der Waals surface area contributed by atoms with Crippen molar-refractivity contribution in [1.82, 2.24) is 23.9 Å². The molecular formula is C21H16FN5S. The molecule has 0 amide bonds. The van der Waals surface area contributed by atoms with E-state index in [-0.39, 0.29) is 5.82 Å². The average molecular weight is 389 g/mol. The van der Waals surface area contributed by atoms with Crippen molar-refractivity contribution in [2.45, 2.75) is 17.5 Å². The van der Waals surface area contributed by atoms with Crippen LogP contribution < -0.4 is 0 Å². The Kier molecular flexibility index (Phi) is 4.29. The van der Waals surface area contributed by atoms with Gasteiger partial charge in [-0.3, -0.25) is 4.57 Å². The first-order valence-corrected chi connectivity index (χ1v) is 9.86. The first-order valence-electron chi connectivity index (χ1n) is 8.88. The molecule has 5 aromatic rings. The second kappa shape index (κ2) is 7.09. The zero-order chi connectivity index (χ0) is 18.9. The minimum atomic E-state index is -0.198. The van der Waals surface area contributed by atoms with E-state index >= 15 is 0 Å². The lowest BCUT2D eigenvalue weighted by Gasteiger charge is -2.07. The fraction of sp³-hybridized carbons (Fsp3) is 0.0952. The Morgan fingerprint density at radius 2 is 1.86 bits per heavy atom. The number of nitrogens with zero attached hydrogens (tertiary/aromatic N) is 5. The van der Waals surface area contributed by atoms with Crippen LogP contribution >= 0.6 is 11.8 Å². The molecule has 0 N–H and O–H groups in total. The number of imidazole rings is 2. The van der Waals surface area contributed by atoms with Crippen molar-refractivity contribution >= 4 is 28.6 Å². The Morgan fingerprint density at radius 1 is 0.964 bits per heavy atom. The number of halogens is 1. The van der Waals surface area contributed by atoms with Crippen LogP contribution in [0.4, 0.5) is 4.39 Å². The Balaban J connectivity index is 1.51. The molecule has 0 spiro atoms. The van der Waals surface area contributed by atoms with Gasteiger partial charge in [-0.05, 0) is 35.9 Å². The number of hydrogen-bond acceptors (Lipinski definition) is 4. The molecule has 4 aromatic heterocycles. The third-order valence-corrected chi connectivity index (χ3v) is 5.54. The highest BCUT2D eigenvalue weighted by Crippen LogP contribution is 2.27. The maximum atomic E-state index is 14.0. The minimum Gasteiger partial charge on any atom is -0.307 e. The molecule has 4 heterocycles. The fourth-order valence-electron chi connectivity index (χ4n) is 3.17. The Bertz CT molecular complexity index is 1240. The number of hydrogen-bond donors (Lipinski definition) is 0. The van der Waals surface area contributed by atoms with E-state index in [9.17, 15) is 4.39 Å². The van der Waals surface area contributed by atoms with Crippen LogP contribution in [0.3, 0.4) is 0 Å². The zero-order valence-electron chi connectivity index (χ0n) is 14.9. The standard InChI is InChI=1S/C21H16FN5S/c22-17-7-2-1-6-15(17)14-28-21-25-18-8-5-10-23-20(18)27(21)13-16-12-26-11-4-3-9-19(26)24-16/h1-12H,13-14H2. The van der Waals surface area contributed by atoms with Gasteiger partial charge in [-0.15, -0.1) is 0 Å². The number of fused-ring (bicyclic) bond motifs is 2. The molecule has 0 radical (unpaired) electrons. The van der Waals surface area contributed by atoms with E-state index in [1.165, 1.54) is 17.8 Å². The van der Waals surface area contributed by atoms with Crippen LogP contribution in [0.2, 0.25) is 0 Å². The monoisotopic (exact) mass is 389 g/mol. The van der Waals surface area contributed by atoms with Gasteiger partial charge >= 0.3 is 0 Å². The van der Waals surface area contributed by atoms with Gasteiger partial charge in [0, 0.05) is 24.3 Å². The second-order valence-corrected chi connectivity index (χ2v) is 7.35. The third-order valence-electron chi connectivity index (χ3n) is 4.52. The quantitative estimate of drug-likeness (QED) is 0.414. The van der Waals surface area contributed by atoms with E-state index in [0.717, 1.165) is 27.7 Å². The highest BCUT2D eigenvalue weighted by molar-refractivity contribution is 7.98. The lowest BCUT2D eigenvalue weighted by molar-refractivity contribution is 0.617. The highest BCUT2D eigenvalue weighted by atomic mass is 32.2. The van der Waals surface area contributed by atoms with Gasteiger partial charge in [-0.2, -0.15) is 0 Å². The SMILES string of the molecule is Fc1ccccc1CSc1nc2cccnc2n1Cc1cn2ccccc2n1. The molecule has 138 valence electrons. The molecule has 0 saturated heterocycles. The number of pyridine rings is 2. The Hall–Kier alpha value is -3.19. The lowest BCUT2D eigenvalue weighted by Crippen LogP contribution is -2.03. The van der Waals surface area contributed by atoms with Crippen molar-refractivity contribution < 1.29 is 4.39 Å². The number of aromatic nitrogens is 5. The second-order valence-electron chi connectivity index (χ2n) is 6.41. The predicted octanol–water partition coefficient (Wildman–Crippen LogP) is 4.56. The molecule has 5 rings (SSSR count). The van der Waals surface area contributed by atoms with E-state index in [2.05, 4.69) is 9.97 Å². The van der Waals surface area contributed by atoms with Gasteiger partial charge in [0.15, 0.2) is 10.8 Å². The number of benzene rings is 1. The maximum absolute atomic E-state index is 14.0. The smallest absolute Gasteiger partial charge is 0.170 e. The predicted molar refractivity (Wildman–Crippen MR) is 108 cm³/mol. The van der Waals surface area contributed by atoms with Crippen LogP contribution in [-0.2, 0) is 12.3 Å². The van der Waals surface area contributed by atoms with Gasteiger partial charge in [0.25, 0.3) is 0 Å². The topological polar surface area (TPSA) is 48.0 Å². The van der Waals surface area contributed by atoms with Gasteiger partial charge in [0.05, 0.1) is 12.2 Å². The summed E-state index contributed by atoms with van der Waals surface area (Å²) in [6.45, 7) is 0.550. The van der Waals surface area contributed by atoms with Crippen LogP contribution in [0.25, 0.3) is 16.8 Å². The van der Waals surface area contributed by atoms with Crippen LogP contribution in [0, 0.1) is 5.82 Å². The van der Waals surface area contributed by atoms with Crippen molar-refractivity contribution in [3.63, 3.8) is 0 Å². The van der Waals surface area contributed by atoms with Crippen molar-refractivity contribution in [2.75, 3.05) is 0 Å². The first-order chi connectivity index (χ1) is 13.8. The fourth-order valence-corrected chi connectivity index (χ4v) is 4.16. The zero-order valence-corrected chi connectivity index (χ0v) is 15.7. The molecule has 7 heteroatoms. The summed E-state index contributed by atoms with van der Waals surface area (Å²) in [5, 5.41) is 0.800. The van der Waals surface area contributed by atoms with E-state index in [4.69, 9.17) is 4.98 Å². The van der Waals surface area contributed by atoms with Gasteiger partial charge in [0.2, 0.25) is 0 Å². The van der Waals surface area contributed by atoms with Crippen LogP contribution in [0.5, 0.6) is 0 Å². The van der Waals surface area contributed by atoms with E-state index in [1.807, 2.05) is 57.8 Å². The summed E-state index contributed by atoms with van der Waals surface area (Å²) >= 11 is 1.50. The third kappa shape index (κ3) is 3.14. The van der Waals surface area contributed by atoms with Crippen LogP contribution in [0.1, 0.15) is 11.3 Å². The summed E-state index contributed by atoms with van der Waals surface area (Å²) in [6.07, 6.45) is 5.74. The molecule has 1 aromatic carbocycles. The largest absolute Gasteiger partial charge is 0.307 e. The van der Waals surface area contributed by atoms with Crippen molar-refractivity contribution in [3.05, 3.63) is 90.3 Å². The molecule has 0 saturated carbocycles. The highest BCUT2D eigenvalue weighted by Gasteiger charge is 2.15. The summed E-state index contributed by atoms with van der Waals surface area (Å²) in [5.74, 6) is 0.303. The molecule has 0 aliphatic heterocycles. The van der Waals surface area contributed by atoms with E-state index in [1.54, 1.807) is 18.3 Å². The number of rotatable bonds is 5. The Morgan fingerprint density at radius 3 is 2.75 bits per heavy atom. The summed E-state index contributed by atoms with van der Waals surface area (Å²) in [7, 11) is 0. The normalized spacial score (nSPS) is 11.5. The molecular weight excluding hydrogens is 373 g/mol. The molecule has 0 atom stereocenters. The molecule has 0 aliphatic rings. The van der Waals surface area contributed by atoms with Gasteiger partial charge in [-0.1, -0.05) is 36.0 Å². The Labute approximate surface area is 164 Å². The molecule has 5 nitrogen and oxygen atoms in total. The van der Waals surface area contributed by atoms with Crippen LogP contribution in [0.15, 0.2) is 78.3 Å². The summed E-state index contributed by atoms with van der Waals surface area (Å²) in [6, 6.07) is 16.6. The van der Waals surface area contributed by atoms with Crippen molar-refractivity contribution in [1.29, 1.82) is 0 Å². The molecule has 0 unspecified atom stereocenters. The average Bonchev–Trinajstić information content (AvgIpc) is 3.28. The van der Waals surface area contributed by atoms with Crippen molar-refractivity contribution in [2.24, 2.45) is 0 Å². The van der Waals surface area contributed by atoms with Crippen molar-refractivity contribution in [3.8, 4) is 0 Å². The van der Waals surface area contributed by atoms with Crippen LogP contribution in [-0.4, -0.2) is 23.9 Å². The van der Waals surface area contributed by atoms with E-state index < -0.39 is 0 Å². The summed E-state index contributed by atoms with van der Waals surface area (Å²) in [5.41, 5.74) is 4.10. The molecule has 0 aliphatic carbocycles. The van der Waals surface area contributed by atoms with E-state index in [0.29, 0.717) is 17.9 Å². The van der Waals surface area contributed by atoms with Gasteiger partial charge in [0.1, 0.15) is 17.0 Å². The molecule has 0 bridgehead atoms. The summed E-state index contributed by atoms with van der Waals surface area (Å²) < 4.78 is 18.0. The van der Waals surface area contributed by atoms with Gasteiger partial charge < -0.3 is 4.40 Å². The number of thioether (sulfide) groups is 1. The van der Waals surface area contributed by atoms with Gasteiger partial charge in [-0.25, -0.2) is 19.3 Å². The summed E-state index contributed by atoms with van der Waals surface area (Å²) in [4.78, 5) is 13.9. The lowest BCUT2D eigenvalue weighted by atomic mass is 10.2. The minimum absolute atomic E-state index is 0.198. The first kappa shape index (κ1) is 16.9. The molecule has 28 heavy (non-hydrogen) atoms.